The Bertz CT molecular complexity index is 263. The maximum Gasteiger partial charge on any atom is 0.132 e. The summed E-state index contributed by atoms with van der Waals surface area (Å²) in [6.45, 7) is 0. The highest BCUT2D eigenvalue weighted by molar-refractivity contribution is 7.80. The average Bonchev–Trinajstić information content (AvgIpc) is 2.08. The molecule has 0 unspecified atom stereocenters. The molecular formula is C9H11ClOS. The van der Waals surface area contributed by atoms with Crippen molar-refractivity contribution in [1.82, 2.24) is 0 Å². The van der Waals surface area contributed by atoms with Crippen molar-refractivity contribution in [2.24, 2.45) is 0 Å². The first-order chi connectivity index (χ1) is 5.75. The topological polar surface area (TPSA) is 20.2 Å². The number of alkyl halides is 1. The molecule has 0 radical (unpaired) electrons. The molecule has 1 aromatic rings. The number of halogens is 1. The SMILES string of the molecule is Oc1c(S)cccc1CCCCl. The molecule has 0 aliphatic rings. The fraction of sp³-hybridized carbons (Fsp3) is 0.333. The Morgan fingerprint density at radius 2 is 2.17 bits per heavy atom. The molecule has 0 saturated carbocycles. The molecule has 0 heterocycles. The fourth-order valence-electron chi connectivity index (χ4n) is 1.04. The summed E-state index contributed by atoms with van der Waals surface area (Å²) >= 11 is 9.65. The van der Waals surface area contributed by atoms with Gasteiger partial charge in [0, 0.05) is 10.8 Å². The first kappa shape index (κ1) is 9.75. The lowest BCUT2D eigenvalue weighted by atomic mass is 10.1. The summed E-state index contributed by atoms with van der Waals surface area (Å²) in [6, 6.07) is 5.54. The van der Waals surface area contributed by atoms with Crippen LogP contribution in [0, 0.1) is 0 Å². The van der Waals surface area contributed by atoms with Gasteiger partial charge in [-0.3, -0.25) is 0 Å². The number of phenolic OH excluding ortho intramolecular Hbond substituents is 1. The second kappa shape index (κ2) is 4.63. The summed E-state index contributed by atoms with van der Waals surface area (Å²) in [5.41, 5.74) is 0.920. The van der Waals surface area contributed by atoms with Gasteiger partial charge in [-0.15, -0.1) is 24.2 Å². The van der Waals surface area contributed by atoms with Crippen LogP contribution in [0.25, 0.3) is 0 Å². The molecule has 1 rings (SSSR count). The molecule has 12 heavy (non-hydrogen) atoms. The highest BCUT2D eigenvalue weighted by atomic mass is 35.5. The monoisotopic (exact) mass is 202 g/mol. The van der Waals surface area contributed by atoms with Crippen LogP contribution < -0.4 is 0 Å². The van der Waals surface area contributed by atoms with Crippen molar-refractivity contribution in [3.63, 3.8) is 0 Å². The molecular weight excluding hydrogens is 192 g/mol. The number of para-hydroxylation sites is 1. The molecule has 1 N–H and O–H groups in total. The lowest BCUT2D eigenvalue weighted by molar-refractivity contribution is 0.455. The first-order valence-electron chi connectivity index (χ1n) is 3.81. The highest BCUT2D eigenvalue weighted by Gasteiger charge is 2.02. The molecule has 0 saturated heterocycles. The molecule has 1 aromatic carbocycles. The molecule has 0 bridgehead atoms. The van der Waals surface area contributed by atoms with Crippen molar-refractivity contribution in [3.8, 4) is 5.75 Å². The number of benzene rings is 1. The first-order valence-corrected chi connectivity index (χ1v) is 4.79. The number of aryl methyl sites for hydroxylation is 1. The van der Waals surface area contributed by atoms with Gasteiger partial charge in [-0.05, 0) is 24.5 Å². The number of thiol groups is 1. The molecule has 1 nitrogen and oxygen atoms in total. The van der Waals surface area contributed by atoms with E-state index in [0.717, 1.165) is 18.4 Å². The zero-order valence-corrected chi connectivity index (χ0v) is 8.28. The summed E-state index contributed by atoms with van der Waals surface area (Å²) < 4.78 is 0. The third kappa shape index (κ3) is 2.32. The zero-order chi connectivity index (χ0) is 8.97. The smallest absolute Gasteiger partial charge is 0.132 e. The Morgan fingerprint density at radius 3 is 2.83 bits per heavy atom. The standard InChI is InChI=1S/C9H11ClOS/c10-6-2-4-7-3-1-5-8(12)9(7)11/h1,3,5,11-12H,2,4,6H2. The van der Waals surface area contributed by atoms with Crippen LogP contribution in [0.4, 0.5) is 0 Å². The van der Waals surface area contributed by atoms with Gasteiger partial charge in [0.2, 0.25) is 0 Å². The maximum atomic E-state index is 9.50. The molecule has 66 valence electrons. The van der Waals surface area contributed by atoms with Crippen LogP contribution in [0.15, 0.2) is 23.1 Å². The van der Waals surface area contributed by atoms with Gasteiger partial charge in [0.15, 0.2) is 0 Å². The lowest BCUT2D eigenvalue weighted by Gasteiger charge is -2.04. The summed E-state index contributed by atoms with van der Waals surface area (Å²) in [7, 11) is 0. The lowest BCUT2D eigenvalue weighted by Crippen LogP contribution is -1.87. The number of phenols is 1. The van der Waals surface area contributed by atoms with Gasteiger partial charge in [-0.1, -0.05) is 12.1 Å². The zero-order valence-electron chi connectivity index (χ0n) is 6.63. The third-order valence-electron chi connectivity index (χ3n) is 1.68. The molecule has 0 atom stereocenters. The van der Waals surface area contributed by atoms with E-state index in [1.54, 1.807) is 6.07 Å². The van der Waals surface area contributed by atoms with Crippen LogP contribution in [-0.4, -0.2) is 11.0 Å². The van der Waals surface area contributed by atoms with Crippen LogP contribution in [0.1, 0.15) is 12.0 Å². The molecule has 0 fully saturated rings. The quantitative estimate of drug-likeness (QED) is 0.571. The van der Waals surface area contributed by atoms with E-state index in [0.29, 0.717) is 10.8 Å². The van der Waals surface area contributed by atoms with E-state index in [-0.39, 0.29) is 5.75 Å². The van der Waals surface area contributed by atoms with E-state index in [9.17, 15) is 5.11 Å². The van der Waals surface area contributed by atoms with Crippen LogP contribution in [-0.2, 0) is 6.42 Å². The van der Waals surface area contributed by atoms with Crippen molar-refractivity contribution >= 4 is 24.2 Å². The largest absolute Gasteiger partial charge is 0.507 e. The predicted octanol–water partition coefficient (Wildman–Crippen LogP) is 2.85. The van der Waals surface area contributed by atoms with Crippen molar-refractivity contribution in [3.05, 3.63) is 23.8 Å². The van der Waals surface area contributed by atoms with Gasteiger partial charge >= 0.3 is 0 Å². The van der Waals surface area contributed by atoms with E-state index in [2.05, 4.69) is 12.6 Å². The molecule has 3 heteroatoms. The fourth-order valence-corrected chi connectivity index (χ4v) is 1.40. The summed E-state index contributed by atoms with van der Waals surface area (Å²) in [5, 5.41) is 9.50. The Balaban J connectivity index is 2.78. The van der Waals surface area contributed by atoms with Gasteiger partial charge in [-0.25, -0.2) is 0 Å². The Labute approximate surface area is 82.8 Å². The highest BCUT2D eigenvalue weighted by Crippen LogP contribution is 2.26. The van der Waals surface area contributed by atoms with Crippen molar-refractivity contribution in [2.45, 2.75) is 17.7 Å². The minimum Gasteiger partial charge on any atom is -0.507 e. The molecule has 0 aromatic heterocycles. The van der Waals surface area contributed by atoms with Crippen LogP contribution in [0.3, 0.4) is 0 Å². The van der Waals surface area contributed by atoms with E-state index in [4.69, 9.17) is 11.6 Å². The van der Waals surface area contributed by atoms with Crippen molar-refractivity contribution in [2.75, 3.05) is 5.88 Å². The number of rotatable bonds is 3. The van der Waals surface area contributed by atoms with Gasteiger partial charge in [0.05, 0.1) is 0 Å². The van der Waals surface area contributed by atoms with E-state index in [1.165, 1.54) is 0 Å². The molecule has 0 aliphatic heterocycles. The van der Waals surface area contributed by atoms with Gasteiger partial charge in [0.1, 0.15) is 5.75 Å². The number of hydrogen-bond donors (Lipinski definition) is 2. The van der Waals surface area contributed by atoms with Crippen molar-refractivity contribution < 1.29 is 5.11 Å². The van der Waals surface area contributed by atoms with Gasteiger partial charge in [0.25, 0.3) is 0 Å². The third-order valence-corrected chi connectivity index (χ3v) is 2.31. The minimum absolute atomic E-state index is 0.283. The van der Waals surface area contributed by atoms with Gasteiger partial charge in [-0.2, -0.15) is 0 Å². The van der Waals surface area contributed by atoms with E-state index >= 15 is 0 Å². The van der Waals surface area contributed by atoms with Gasteiger partial charge < -0.3 is 5.11 Å². The Hall–Kier alpha value is -0.340. The molecule has 0 amide bonds. The maximum absolute atomic E-state index is 9.50. The van der Waals surface area contributed by atoms with E-state index in [1.807, 2.05) is 12.1 Å². The summed E-state index contributed by atoms with van der Waals surface area (Å²) in [4.78, 5) is 0.627. The van der Waals surface area contributed by atoms with Crippen LogP contribution in [0.5, 0.6) is 5.75 Å². The second-order valence-electron chi connectivity index (χ2n) is 2.58. The molecule has 0 aliphatic carbocycles. The Morgan fingerprint density at radius 1 is 1.42 bits per heavy atom. The normalized spacial score (nSPS) is 10.2. The van der Waals surface area contributed by atoms with E-state index < -0.39 is 0 Å². The Kier molecular flexibility index (Phi) is 3.76. The summed E-state index contributed by atoms with van der Waals surface area (Å²) in [5.74, 6) is 0.905. The second-order valence-corrected chi connectivity index (χ2v) is 3.44. The minimum atomic E-state index is 0.283. The van der Waals surface area contributed by atoms with Crippen LogP contribution in [0.2, 0.25) is 0 Å². The average molecular weight is 203 g/mol. The van der Waals surface area contributed by atoms with Crippen LogP contribution >= 0.6 is 24.2 Å². The predicted molar refractivity (Wildman–Crippen MR) is 54.4 cm³/mol. The molecule has 0 spiro atoms. The number of aromatic hydroxyl groups is 1. The van der Waals surface area contributed by atoms with Crippen molar-refractivity contribution in [1.29, 1.82) is 0 Å². The number of hydrogen-bond acceptors (Lipinski definition) is 2. The summed E-state index contributed by atoms with van der Waals surface area (Å²) in [6.07, 6.45) is 1.69.